The highest BCUT2D eigenvalue weighted by atomic mass is 15.2. The molecule has 1 aromatic rings. The van der Waals surface area contributed by atoms with Gasteiger partial charge in [-0.1, -0.05) is 13.3 Å². The average molecular weight is 275 g/mol. The predicted molar refractivity (Wildman–Crippen MR) is 82.2 cm³/mol. The lowest BCUT2D eigenvalue weighted by atomic mass is 10.1. The number of nitrogens with zero attached hydrogens (tertiary/aromatic N) is 3. The molecule has 1 aromatic heterocycles. The van der Waals surface area contributed by atoms with Crippen LogP contribution in [0.4, 0.5) is 11.6 Å². The first-order valence-corrected chi connectivity index (χ1v) is 7.85. The molecule has 2 saturated heterocycles. The van der Waals surface area contributed by atoms with Crippen molar-refractivity contribution in [3.05, 3.63) is 11.9 Å². The molecule has 0 aromatic carbocycles. The van der Waals surface area contributed by atoms with E-state index in [9.17, 15) is 0 Å². The van der Waals surface area contributed by atoms with Gasteiger partial charge in [-0.3, -0.25) is 4.90 Å². The number of hydrogen-bond donors (Lipinski definition) is 2. The zero-order valence-electron chi connectivity index (χ0n) is 12.5. The average Bonchev–Trinajstić information content (AvgIpc) is 3.06. The Hall–Kier alpha value is -1.36. The summed E-state index contributed by atoms with van der Waals surface area (Å²) in [6, 6.07) is 1.25. The molecule has 5 nitrogen and oxygen atoms in total. The van der Waals surface area contributed by atoms with E-state index in [1.54, 1.807) is 6.33 Å². The van der Waals surface area contributed by atoms with E-state index >= 15 is 0 Å². The second kappa shape index (κ2) is 5.95. The van der Waals surface area contributed by atoms with E-state index in [0.29, 0.717) is 12.1 Å². The van der Waals surface area contributed by atoms with Crippen LogP contribution in [0, 0.1) is 0 Å². The van der Waals surface area contributed by atoms with Crippen molar-refractivity contribution in [3.8, 4) is 0 Å². The molecule has 0 amide bonds. The minimum Gasteiger partial charge on any atom is -0.373 e. The summed E-state index contributed by atoms with van der Waals surface area (Å²) >= 11 is 0. The van der Waals surface area contributed by atoms with Crippen LogP contribution in [0.3, 0.4) is 0 Å². The molecule has 20 heavy (non-hydrogen) atoms. The summed E-state index contributed by atoms with van der Waals surface area (Å²) in [6.07, 6.45) is 7.68. The van der Waals surface area contributed by atoms with Crippen molar-refractivity contribution in [1.29, 1.82) is 0 Å². The molecule has 2 aliphatic heterocycles. The van der Waals surface area contributed by atoms with E-state index < -0.39 is 0 Å². The fraction of sp³-hybridized carbons (Fsp3) is 0.733. The summed E-state index contributed by atoms with van der Waals surface area (Å²) in [7, 11) is 1.93. The van der Waals surface area contributed by atoms with Gasteiger partial charge in [0.25, 0.3) is 0 Å². The summed E-state index contributed by atoms with van der Waals surface area (Å²) < 4.78 is 0. The Morgan fingerprint density at radius 1 is 1.25 bits per heavy atom. The van der Waals surface area contributed by atoms with Crippen molar-refractivity contribution in [1.82, 2.24) is 14.9 Å². The Labute approximate surface area is 121 Å². The lowest BCUT2D eigenvalue weighted by Gasteiger charge is -2.23. The minimum atomic E-state index is 0.549. The van der Waals surface area contributed by atoms with Gasteiger partial charge in [0, 0.05) is 31.2 Å². The van der Waals surface area contributed by atoms with Gasteiger partial charge in [-0.15, -0.1) is 0 Å². The van der Waals surface area contributed by atoms with E-state index in [0.717, 1.165) is 24.5 Å². The fourth-order valence-corrected chi connectivity index (χ4v) is 3.67. The van der Waals surface area contributed by atoms with Crippen LogP contribution in [0.5, 0.6) is 0 Å². The van der Waals surface area contributed by atoms with Gasteiger partial charge in [-0.25, -0.2) is 9.97 Å². The maximum absolute atomic E-state index is 4.50. The van der Waals surface area contributed by atoms with Gasteiger partial charge in [0.2, 0.25) is 0 Å². The molecule has 3 rings (SSSR count). The normalized spacial score (nSPS) is 25.7. The van der Waals surface area contributed by atoms with E-state index in [1.807, 2.05) is 7.05 Å². The summed E-state index contributed by atoms with van der Waals surface area (Å²) in [6.45, 7) is 4.70. The lowest BCUT2D eigenvalue weighted by molar-refractivity contribution is 0.318. The maximum atomic E-state index is 4.50. The Bertz CT molecular complexity index is 462. The highest BCUT2D eigenvalue weighted by Crippen LogP contribution is 2.31. The van der Waals surface area contributed by atoms with Crippen molar-refractivity contribution >= 4 is 11.6 Å². The highest BCUT2D eigenvalue weighted by Gasteiger charge is 2.37. The second-order valence-electron chi connectivity index (χ2n) is 5.83. The zero-order chi connectivity index (χ0) is 13.9. The monoisotopic (exact) mass is 275 g/mol. The van der Waals surface area contributed by atoms with Crippen molar-refractivity contribution in [2.45, 2.75) is 51.1 Å². The first-order chi connectivity index (χ1) is 9.83. The third-order valence-corrected chi connectivity index (χ3v) is 4.61. The third-order valence-electron chi connectivity index (χ3n) is 4.61. The van der Waals surface area contributed by atoms with Gasteiger partial charge in [-0.2, -0.15) is 0 Å². The predicted octanol–water partition coefficient (Wildman–Crippen LogP) is 2.12. The van der Waals surface area contributed by atoms with E-state index in [1.165, 1.54) is 37.9 Å². The van der Waals surface area contributed by atoms with Crippen LogP contribution in [-0.2, 0) is 6.42 Å². The Morgan fingerprint density at radius 2 is 2.10 bits per heavy atom. The molecule has 2 N–H and O–H groups in total. The molecule has 0 aliphatic carbocycles. The zero-order valence-corrected chi connectivity index (χ0v) is 12.5. The van der Waals surface area contributed by atoms with Crippen molar-refractivity contribution in [3.63, 3.8) is 0 Å². The van der Waals surface area contributed by atoms with Crippen LogP contribution in [0.15, 0.2) is 6.33 Å². The van der Waals surface area contributed by atoms with Crippen molar-refractivity contribution in [2.24, 2.45) is 0 Å². The number of fused-ring (bicyclic) bond motifs is 1. The number of nitrogens with one attached hydrogen (secondary N) is 2. The molecule has 2 fully saturated rings. The Kier molecular flexibility index (Phi) is 4.05. The van der Waals surface area contributed by atoms with Gasteiger partial charge in [-0.05, 0) is 32.2 Å². The quantitative estimate of drug-likeness (QED) is 0.862. The number of hydrogen-bond acceptors (Lipinski definition) is 5. The van der Waals surface area contributed by atoms with Crippen molar-refractivity contribution in [2.75, 3.05) is 30.8 Å². The van der Waals surface area contributed by atoms with E-state index in [-0.39, 0.29) is 0 Å². The maximum Gasteiger partial charge on any atom is 0.134 e. The molecule has 110 valence electrons. The summed E-state index contributed by atoms with van der Waals surface area (Å²) in [5, 5.41) is 6.90. The van der Waals surface area contributed by atoms with Crippen LogP contribution in [0.1, 0.15) is 38.2 Å². The van der Waals surface area contributed by atoms with Gasteiger partial charge < -0.3 is 10.6 Å². The van der Waals surface area contributed by atoms with Crippen LogP contribution in [0.2, 0.25) is 0 Å². The smallest absolute Gasteiger partial charge is 0.134 e. The van der Waals surface area contributed by atoms with E-state index in [4.69, 9.17) is 0 Å². The number of rotatable bonds is 5. The molecule has 0 bridgehead atoms. The third kappa shape index (κ3) is 2.46. The van der Waals surface area contributed by atoms with Gasteiger partial charge in [0.1, 0.15) is 18.0 Å². The van der Waals surface area contributed by atoms with E-state index in [2.05, 4.69) is 32.4 Å². The standard InChI is InChI=1S/C15H25N5/c1-3-5-11-14(16-2)17-10-18-15(11)19-12-7-9-20-8-4-6-13(12)20/h10,12-13H,3-9H2,1-2H3,(H2,16,17,18,19). The molecular formula is C15H25N5. The Morgan fingerprint density at radius 3 is 2.90 bits per heavy atom. The first kappa shape index (κ1) is 13.6. The topological polar surface area (TPSA) is 53.1 Å². The number of anilines is 2. The molecule has 2 aliphatic rings. The van der Waals surface area contributed by atoms with Crippen LogP contribution < -0.4 is 10.6 Å². The Balaban J connectivity index is 1.79. The molecule has 3 heterocycles. The lowest BCUT2D eigenvalue weighted by Crippen LogP contribution is -2.34. The molecular weight excluding hydrogens is 250 g/mol. The fourth-order valence-electron chi connectivity index (χ4n) is 3.67. The minimum absolute atomic E-state index is 0.549. The summed E-state index contributed by atoms with van der Waals surface area (Å²) in [5.74, 6) is 2.00. The van der Waals surface area contributed by atoms with Crippen molar-refractivity contribution < 1.29 is 0 Å². The molecule has 5 heteroatoms. The second-order valence-corrected chi connectivity index (χ2v) is 5.83. The summed E-state index contributed by atoms with van der Waals surface area (Å²) in [4.78, 5) is 11.5. The molecule has 0 radical (unpaired) electrons. The largest absolute Gasteiger partial charge is 0.373 e. The van der Waals surface area contributed by atoms with Crippen LogP contribution in [-0.4, -0.2) is 47.1 Å². The SMILES string of the molecule is CCCc1c(NC)ncnc1NC1CCN2CCCC12. The van der Waals surface area contributed by atoms with Crippen LogP contribution in [0.25, 0.3) is 0 Å². The molecule has 0 spiro atoms. The van der Waals surface area contributed by atoms with Gasteiger partial charge in [0.15, 0.2) is 0 Å². The molecule has 2 unspecified atom stereocenters. The summed E-state index contributed by atoms with van der Waals surface area (Å²) in [5.41, 5.74) is 1.23. The molecule has 0 saturated carbocycles. The number of aromatic nitrogens is 2. The first-order valence-electron chi connectivity index (χ1n) is 7.85. The van der Waals surface area contributed by atoms with Gasteiger partial charge in [0.05, 0.1) is 0 Å². The molecule has 2 atom stereocenters. The van der Waals surface area contributed by atoms with Crippen LogP contribution >= 0.6 is 0 Å². The highest BCUT2D eigenvalue weighted by molar-refractivity contribution is 5.57. The van der Waals surface area contributed by atoms with Gasteiger partial charge >= 0.3 is 0 Å².